The van der Waals surface area contributed by atoms with E-state index < -0.39 is 0 Å². The number of furan rings is 1. The van der Waals surface area contributed by atoms with Crippen LogP contribution in [0.5, 0.6) is 0 Å². The monoisotopic (exact) mass is 726 g/mol. The highest BCUT2D eigenvalue weighted by atomic mass is 16.3. The molecule has 0 saturated heterocycles. The molecule has 57 heavy (non-hydrogen) atoms. The fourth-order valence-electron chi connectivity index (χ4n) is 9.42. The van der Waals surface area contributed by atoms with E-state index in [1.165, 1.54) is 48.7 Å². The van der Waals surface area contributed by atoms with Gasteiger partial charge in [0.15, 0.2) is 5.82 Å². The summed E-state index contributed by atoms with van der Waals surface area (Å²) in [6.07, 6.45) is 0. The van der Waals surface area contributed by atoms with E-state index in [0.717, 1.165) is 72.2 Å². The summed E-state index contributed by atoms with van der Waals surface area (Å²) >= 11 is 0. The van der Waals surface area contributed by atoms with Gasteiger partial charge in [0.25, 0.3) is 0 Å². The first-order chi connectivity index (χ1) is 28.3. The fourth-order valence-corrected chi connectivity index (χ4v) is 9.42. The van der Waals surface area contributed by atoms with Gasteiger partial charge in [-0.15, -0.1) is 0 Å². The van der Waals surface area contributed by atoms with Crippen LogP contribution in [0.4, 0.5) is 0 Å². The molecular weight excluding hydrogens is 697 g/mol. The van der Waals surface area contributed by atoms with Crippen molar-refractivity contribution in [1.82, 2.24) is 19.1 Å². The van der Waals surface area contributed by atoms with Gasteiger partial charge in [0.05, 0.1) is 33.1 Å². The van der Waals surface area contributed by atoms with Crippen molar-refractivity contribution in [1.29, 1.82) is 0 Å². The molecule has 0 atom stereocenters. The van der Waals surface area contributed by atoms with Crippen LogP contribution < -0.4 is 0 Å². The van der Waals surface area contributed by atoms with E-state index in [1.807, 2.05) is 30.3 Å². The molecule has 0 aliphatic rings. The maximum atomic E-state index is 6.66. The second kappa shape index (κ2) is 11.4. The highest BCUT2D eigenvalue weighted by Gasteiger charge is 2.24. The predicted molar refractivity (Wildman–Crippen MR) is 236 cm³/mol. The third-order valence-corrected chi connectivity index (χ3v) is 11.9. The van der Waals surface area contributed by atoms with Crippen LogP contribution in [0.1, 0.15) is 0 Å². The third-order valence-electron chi connectivity index (χ3n) is 11.9. The largest absolute Gasteiger partial charge is 0.455 e. The average molecular weight is 727 g/mol. The molecule has 9 aromatic carbocycles. The third kappa shape index (κ3) is 4.23. The van der Waals surface area contributed by atoms with E-state index >= 15 is 0 Å². The highest BCUT2D eigenvalue weighted by molar-refractivity contribution is 6.23. The molecule has 0 aliphatic heterocycles. The van der Waals surface area contributed by atoms with E-state index in [2.05, 4.69) is 161 Å². The van der Waals surface area contributed by atoms with Crippen LogP contribution in [0.2, 0.25) is 0 Å². The van der Waals surface area contributed by atoms with E-state index in [4.69, 9.17) is 14.4 Å². The van der Waals surface area contributed by atoms with E-state index in [9.17, 15) is 0 Å². The Kier molecular flexibility index (Phi) is 6.10. The summed E-state index contributed by atoms with van der Waals surface area (Å²) in [5, 5.41) is 11.8. The van der Waals surface area contributed by atoms with Crippen LogP contribution in [0.15, 0.2) is 186 Å². The van der Waals surface area contributed by atoms with Crippen molar-refractivity contribution >= 4 is 98.1 Å². The molecule has 0 amide bonds. The molecule has 4 aromatic heterocycles. The molecule has 5 nitrogen and oxygen atoms in total. The first-order valence-electron chi connectivity index (χ1n) is 19.3. The Bertz CT molecular complexity index is 3830. The summed E-state index contributed by atoms with van der Waals surface area (Å²) < 4.78 is 11.4. The second-order valence-electron chi connectivity index (χ2n) is 14.9. The fraction of sp³-hybridized carbons (Fsp3) is 0. The molecule has 0 aliphatic carbocycles. The first-order valence-corrected chi connectivity index (χ1v) is 19.3. The van der Waals surface area contributed by atoms with Gasteiger partial charge in [0.2, 0.25) is 0 Å². The minimum atomic E-state index is 0.752. The second-order valence-corrected chi connectivity index (χ2v) is 14.9. The average Bonchev–Trinajstić information content (AvgIpc) is 3.94. The molecule has 0 spiro atoms. The van der Waals surface area contributed by atoms with Gasteiger partial charge < -0.3 is 8.98 Å². The van der Waals surface area contributed by atoms with Crippen LogP contribution in [0.25, 0.3) is 121 Å². The van der Waals surface area contributed by atoms with Crippen LogP contribution in [-0.2, 0) is 0 Å². The Morgan fingerprint density at radius 2 is 0.982 bits per heavy atom. The topological polar surface area (TPSA) is 48.8 Å². The summed E-state index contributed by atoms with van der Waals surface area (Å²) in [7, 11) is 0. The lowest BCUT2D eigenvalue weighted by atomic mass is 10.0. The molecule has 0 fully saturated rings. The van der Waals surface area contributed by atoms with E-state index in [1.54, 1.807) is 0 Å². The maximum Gasteiger partial charge on any atom is 0.165 e. The summed E-state index contributed by atoms with van der Waals surface area (Å²) in [5.74, 6) is 0.752. The first kappa shape index (κ1) is 30.6. The van der Waals surface area contributed by atoms with Gasteiger partial charge in [-0.2, -0.15) is 0 Å². The van der Waals surface area contributed by atoms with E-state index in [-0.39, 0.29) is 0 Å². The summed E-state index contributed by atoms with van der Waals surface area (Å²) in [6, 6.07) is 64.7. The van der Waals surface area contributed by atoms with Gasteiger partial charge in [0, 0.05) is 43.6 Å². The minimum absolute atomic E-state index is 0.752. The van der Waals surface area contributed by atoms with Crippen molar-refractivity contribution in [3.63, 3.8) is 0 Å². The number of rotatable bonds is 3. The predicted octanol–water partition coefficient (Wildman–Crippen LogP) is 13.7. The van der Waals surface area contributed by atoms with Crippen LogP contribution in [0, 0.1) is 0 Å². The standard InChI is InChI=1S/C52H30N4O/c1-3-14-34-31(12-1)24-28-44-48(34)38-17-5-9-22-43(38)55(44)33-26-27-39-46(30-33)56(45-29-25-32-13-2-4-15-35(32)49(39)45)52-50(53-41-20-7-8-21-42(41)54-52)40-19-11-18-37-36-16-6-10-23-47(36)57-51(37)40/h1-30H. The molecule has 0 saturated carbocycles. The normalized spacial score (nSPS) is 12.2. The lowest BCUT2D eigenvalue weighted by molar-refractivity contribution is 0.669. The van der Waals surface area contributed by atoms with Gasteiger partial charge in [-0.05, 0) is 76.1 Å². The summed E-state index contributed by atoms with van der Waals surface area (Å²) in [4.78, 5) is 10.9. The molecule has 13 rings (SSSR count). The molecule has 4 heterocycles. The Balaban J connectivity index is 1.18. The number of benzene rings is 9. The Labute approximate surface area is 325 Å². The summed E-state index contributed by atoms with van der Waals surface area (Å²) in [5.41, 5.74) is 10.5. The zero-order chi connectivity index (χ0) is 37.2. The Morgan fingerprint density at radius 3 is 1.75 bits per heavy atom. The number of hydrogen-bond acceptors (Lipinski definition) is 3. The SMILES string of the molecule is c1ccc2c(c1)ccc1c2c2ccccc2n1-c1ccc2c3c4ccccc4ccc3n(-c3nc4ccccc4nc3-c3cccc4c3oc3ccccc34)c2c1. The van der Waals surface area contributed by atoms with Gasteiger partial charge in [-0.25, -0.2) is 9.97 Å². The lowest BCUT2D eigenvalue weighted by Gasteiger charge is -2.15. The van der Waals surface area contributed by atoms with Crippen molar-refractivity contribution in [3.05, 3.63) is 182 Å². The molecule has 0 N–H and O–H groups in total. The zero-order valence-electron chi connectivity index (χ0n) is 30.5. The van der Waals surface area contributed by atoms with Gasteiger partial charge in [0.1, 0.15) is 16.9 Å². The zero-order valence-corrected chi connectivity index (χ0v) is 30.5. The smallest absolute Gasteiger partial charge is 0.165 e. The molecule has 0 bridgehead atoms. The van der Waals surface area contributed by atoms with Gasteiger partial charge in [-0.1, -0.05) is 127 Å². The van der Waals surface area contributed by atoms with E-state index in [0.29, 0.717) is 0 Å². The van der Waals surface area contributed by atoms with Gasteiger partial charge >= 0.3 is 0 Å². The molecule has 13 aromatic rings. The van der Waals surface area contributed by atoms with Crippen molar-refractivity contribution in [2.45, 2.75) is 0 Å². The lowest BCUT2D eigenvalue weighted by Crippen LogP contribution is -2.04. The van der Waals surface area contributed by atoms with Gasteiger partial charge in [-0.3, -0.25) is 4.57 Å². The number of hydrogen-bond donors (Lipinski definition) is 0. The molecule has 0 radical (unpaired) electrons. The van der Waals surface area contributed by atoms with Crippen molar-refractivity contribution < 1.29 is 4.42 Å². The van der Waals surface area contributed by atoms with Crippen molar-refractivity contribution in [2.24, 2.45) is 0 Å². The quantitative estimate of drug-likeness (QED) is 0.182. The van der Waals surface area contributed by atoms with Crippen LogP contribution in [-0.4, -0.2) is 19.1 Å². The van der Waals surface area contributed by atoms with Crippen LogP contribution in [0.3, 0.4) is 0 Å². The highest BCUT2D eigenvalue weighted by Crippen LogP contribution is 2.43. The number of fused-ring (bicyclic) bond motifs is 14. The van der Waals surface area contributed by atoms with Crippen LogP contribution >= 0.6 is 0 Å². The maximum absolute atomic E-state index is 6.66. The number of nitrogens with zero attached hydrogens (tertiary/aromatic N) is 4. The Hall–Kier alpha value is -7.76. The van der Waals surface area contributed by atoms with Crippen molar-refractivity contribution in [2.75, 3.05) is 0 Å². The van der Waals surface area contributed by atoms with Crippen molar-refractivity contribution in [3.8, 4) is 22.8 Å². The number of para-hydroxylation sites is 5. The molecule has 264 valence electrons. The molecule has 0 unspecified atom stereocenters. The minimum Gasteiger partial charge on any atom is -0.455 e. The molecular formula is C52H30N4O. The Morgan fingerprint density at radius 1 is 0.386 bits per heavy atom. The molecule has 5 heteroatoms. The number of aromatic nitrogens is 4. The summed E-state index contributed by atoms with van der Waals surface area (Å²) in [6.45, 7) is 0.